The van der Waals surface area contributed by atoms with Crippen molar-refractivity contribution < 1.29 is 9.53 Å². The molecule has 0 saturated carbocycles. The molecular formula is C12H18N2O2. The van der Waals surface area contributed by atoms with Crippen molar-refractivity contribution in [3.05, 3.63) is 22.8 Å². The molecule has 0 aliphatic carbocycles. The van der Waals surface area contributed by atoms with E-state index in [1.807, 2.05) is 27.0 Å². The molecule has 16 heavy (non-hydrogen) atoms. The predicted octanol–water partition coefficient (Wildman–Crippen LogP) is 1.60. The Morgan fingerprint density at radius 3 is 2.62 bits per heavy atom. The maximum absolute atomic E-state index is 10.6. The molecule has 2 N–H and O–H groups in total. The SMILES string of the molecule is CNCc1c(C)c(OC)cc(C)c1NC=O. The Morgan fingerprint density at radius 2 is 2.12 bits per heavy atom. The molecule has 0 saturated heterocycles. The van der Waals surface area contributed by atoms with Crippen molar-refractivity contribution in [2.45, 2.75) is 20.4 Å². The summed E-state index contributed by atoms with van der Waals surface area (Å²) in [5.74, 6) is 0.846. The topological polar surface area (TPSA) is 50.4 Å². The first-order valence-electron chi connectivity index (χ1n) is 5.17. The van der Waals surface area contributed by atoms with Crippen LogP contribution in [0.3, 0.4) is 0 Å². The lowest BCUT2D eigenvalue weighted by atomic mass is 10.0. The fraction of sp³-hybridized carbons (Fsp3) is 0.417. The van der Waals surface area contributed by atoms with Gasteiger partial charge in [-0.2, -0.15) is 0 Å². The largest absolute Gasteiger partial charge is 0.496 e. The van der Waals surface area contributed by atoms with Crippen LogP contribution in [-0.2, 0) is 11.3 Å². The maximum Gasteiger partial charge on any atom is 0.211 e. The molecule has 1 rings (SSSR count). The first-order valence-corrected chi connectivity index (χ1v) is 5.17. The molecule has 4 nitrogen and oxygen atoms in total. The molecule has 1 amide bonds. The summed E-state index contributed by atoms with van der Waals surface area (Å²) in [5, 5.41) is 5.84. The van der Waals surface area contributed by atoms with E-state index in [9.17, 15) is 4.79 Å². The van der Waals surface area contributed by atoms with Gasteiger partial charge in [0.15, 0.2) is 0 Å². The van der Waals surface area contributed by atoms with Gasteiger partial charge in [-0.3, -0.25) is 4.79 Å². The van der Waals surface area contributed by atoms with Crippen molar-refractivity contribution in [2.24, 2.45) is 0 Å². The third-order valence-corrected chi connectivity index (χ3v) is 2.64. The highest BCUT2D eigenvalue weighted by molar-refractivity contribution is 5.77. The van der Waals surface area contributed by atoms with Gasteiger partial charge < -0.3 is 15.4 Å². The number of anilines is 1. The van der Waals surface area contributed by atoms with Gasteiger partial charge in [-0.25, -0.2) is 0 Å². The summed E-state index contributed by atoms with van der Waals surface area (Å²) < 4.78 is 5.30. The summed E-state index contributed by atoms with van der Waals surface area (Å²) >= 11 is 0. The van der Waals surface area contributed by atoms with Gasteiger partial charge in [0.1, 0.15) is 5.75 Å². The zero-order valence-electron chi connectivity index (χ0n) is 10.2. The number of carbonyl (C=O) groups is 1. The van der Waals surface area contributed by atoms with Gasteiger partial charge in [-0.1, -0.05) is 0 Å². The number of hydrogen-bond donors (Lipinski definition) is 2. The summed E-state index contributed by atoms with van der Waals surface area (Å²) in [6, 6.07) is 1.93. The zero-order chi connectivity index (χ0) is 12.1. The number of amides is 1. The smallest absolute Gasteiger partial charge is 0.211 e. The average molecular weight is 222 g/mol. The average Bonchev–Trinajstić information content (AvgIpc) is 2.28. The van der Waals surface area contributed by atoms with Gasteiger partial charge in [0.2, 0.25) is 6.41 Å². The summed E-state index contributed by atoms with van der Waals surface area (Å²) in [6.07, 6.45) is 0.702. The number of aryl methyl sites for hydroxylation is 1. The molecule has 4 heteroatoms. The van der Waals surface area contributed by atoms with Crippen LogP contribution in [0.15, 0.2) is 6.07 Å². The van der Waals surface area contributed by atoms with Crippen molar-refractivity contribution in [3.8, 4) is 5.75 Å². The second-order valence-electron chi connectivity index (χ2n) is 3.67. The van der Waals surface area contributed by atoms with E-state index in [1.165, 1.54) is 0 Å². The summed E-state index contributed by atoms with van der Waals surface area (Å²) in [6.45, 7) is 4.63. The Hall–Kier alpha value is -1.55. The molecule has 0 radical (unpaired) electrons. The highest BCUT2D eigenvalue weighted by atomic mass is 16.5. The van der Waals surface area contributed by atoms with Crippen molar-refractivity contribution in [3.63, 3.8) is 0 Å². The molecule has 0 aliphatic heterocycles. The minimum atomic E-state index is 0.694. The lowest BCUT2D eigenvalue weighted by molar-refractivity contribution is -0.105. The molecule has 0 atom stereocenters. The highest BCUT2D eigenvalue weighted by Gasteiger charge is 2.12. The quantitative estimate of drug-likeness (QED) is 0.744. The number of benzene rings is 1. The van der Waals surface area contributed by atoms with Crippen molar-refractivity contribution in [1.29, 1.82) is 0 Å². The molecule has 0 heterocycles. The number of hydrogen-bond acceptors (Lipinski definition) is 3. The number of methoxy groups -OCH3 is 1. The Bertz CT molecular complexity index is 389. The first-order chi connectivity index (χ1) is 7.65. The van der Waals surface area contributed by atoms with Crippen LogP contribution >= 0.6 is 0 Å². The highest BCUT2D eigenvalue weighted by Crippen LogP contribution is 2.31. The van der Waals surface area contributed by atoms with E-state index in [4.69, 9.17) is 4.74 Å². The molecule has 1 aromatic carbocycles. The number of carbonyl (C=O) groups excluding carboxylic acids is 1. The second-order valence-corrected chi connectivity index (χ2v) is 3.67. The fourth-order valence-electron chi connectivity index (χ4n) is 1.82. The summed E-state index contributed by atoms with van der Waals surface area (Å²) in [7, 11) is 3.52. The zero-order valence-corrected chi connectivity index (χ0v) is 10.2. The molecule has 0 bridgehead atoms. The maximum atomic E-state index is 10.6. The number of rotatable bonds is 5. The molecule has 88 valence electrons. The van der Waals surface area contributed by atoms with E-state index in [-0.39, 0.29) is 0 Å². The molecule has 1 aromatic rings. The monoisotopic (exact) mass is 222 g/mol. The summed E-state index contributed by atoms with van der Waals surface area (Å²) in [4.78, 5) is 10.6. The molecule has 0 unspecified atom stereocenters. The normalized spacial score (nSPS) is 10.0. The fourth-order valence-corrected chi connectivity index (χ4v) is 1.82. The second kappa shape index (κ2) is 5.51. The van der Waals surface area contributed by atoms with Crippen molar-refractivity contribution in [2.75, 3.05) is 19.5 Å². The molecule has 0 aliphatic rings. The Morgan fingerprint density at radius 1 is 1.44 bits per heavy atom. The Labute approximate surface area is 96.0 Å². The van der Waals surface area contributed by atoms with E-state index in [0.717, 1.165) is 28.1 Å². The van der Waals surface area contributed by atoms with Gasteiger partial charge in [0.25, 0.3) is 0 Å². The van der Waals surface area contributed by atoms with Crippen LogP contribution in [0.5, 0.6) is 5.75 Å². The van der Waals surface area contributed by atoms with Crippen LogP contribution in [0.2, 0.25) is 0 Å². The van der Waals surface area contributed by atoms with E-state index in [0.29, 0.717) is 13.0 Å². The van der Waals surface area contributed by atoms with Gasteiger partial charge >= 0.3 is 0 Å². The van der Waals surface area contributed by atoms with Crippen LogP contribution in [0.25, 0.3) is 0 Å². The van der Waals surface area contributed by atoms with Gasteiger partial charge in [0, 0.05) is 12.2 Å². The Kier molecular flexibility index (Phi) is 4.31. The predicted molar refractivity (Wildman–Crippen MR) is 64.9 cm³/mol. The molecular weight excluding hydrogens is 204 g/mol. The number of ether oxygens (including phenoxy) is 1. The number of nitrogens with one attached hydrogen (secondary N) is 2. The summed E-state index contributed by atoms with van der Waals surface area (Å²) in [5.41, 5.74) is 3.97. The Balaban J connectivity index is 3.34. The minimum absolute atomic E-state index is 0.694. The van der Waals surface area contributed by atoms with Gasteiger partial charge in [-0.15, -0.1) is 0 Å². The van der Waals surface area contributed by atoms with Gasteiger partial charge in [0.05, 0.1) is 7.11 Å². The van der Waals surface area contributed by atoms with Crippen LogP contribution in [0.4, 0.5) is 5.69 Å². The molecule has 0 spiro atoms. The van der Waals surface area contributed by atoms with Crippen LogP contribution in [-0.4, -0.2) is 20.6 Å². The van der Waals surface area contributed by atoms with E-state index >= 15 is 0 Å². The third kappa shape index (κ3) is 2.33. The van der Waals surface area contributed by atoms with Gasteiger partial charge in [-0.05, 0) is 43.7 Å². The minimum Gasteiger partial charge on any atom is -0.496 e. The standard InChI is InChI=1S/C12H18N2O2/c1-8-5-11(16-4)9(2)10(6-13-3)12(8)14-7-15/h5,7,13H,6H2,1-4H3,(H,14,15). The molecule has 0 fully saturated rings. The van der Waals surface area contributed by atoms with Crippen molar-refractivity contribution >= 4 is 12.1 Å². The third-order valence-electron chi connectivity index (χ3n) is 2.64. The lowest BCUT2D eigenvalue weighted by Gasteiger charge is -2.17. The van der Waals surface area contributed by atoms with E-state index in [1.54, 1.807) is 7.11 Å². The first kappa shape index (κ1) is 12.5. The van der Waals surface area contributed by atoms with Crippen LogP contribution in [0.1, 0.15) is 16.7 Å². The molecule has 0 aromatic heterocycles. The lowest BCUT2D eigenvalue weighted by Crippen LogP contribution is -2.12. The van der Waals surface area contributed by atoms with E-state index in [2.05, 4.69) is 10.6 Å². The van der Waals surface area contributed by atoms with E-state index < -0.39 is 0 Å². The van der Waals surface area contributed by atoms with Crippen LogP contribution < -0.4 is 15.4 Å². The van der Waals surface area contributed by atoms with Crippen LogP contribution in [0, 0.1) is 13.8 Å². The van der Waals surface area contributed by atoms with Crippen molar-refractivity contribution in [1.82, 2.24) is 5.32 Å².